The number of fused-ring (bicyclic) bond motifs is 2. The van der Waals surface area contributed by atoms with Gasteiger partial charge in [0.25, 0.3) is 5.56 Å². The van der Waals surface area contributed by atoms with Crippen molar-refractivity contribution in [2.75, 3.05) is 56.1 Å². The van der Waals surface area contributed by atoms with E-state index >= 15 is 8.78 Å². The van der Waals surface area contributed by atoms with E-state index in [0.717, 1.165) is 69.3 Å². The highest BCUT2D eigenvalue weighted by Gasteiger charge is 2.45. The number of ether oxygens (including phenoxy) is 3. The van der Waals surface area contributed by atoms with Gasteiger partial charge in [-0.1, -0.05) is 0 Å². The minimum absolute atomic E-state index is 0.0438. The van der Waals surface area contributed by atoms with Gasteiger partial charge in [-0.05, 0) is 105 Å². The summed E-state index contributed by atoms with van der Waals surface area (Å²) in [5.74, 6) is -1.63. The van der Waals surface area contributed by atoms with Gasteiger partial charge < -0.3 is 19.1 Å². The van der Waals surface area contributed by atoms with Crippen molar-refractivity contribution in [3.05, 3.63) is 81.9 Å². The number of nitriles is 1. The van der Waals surface area contributed by atoms with Crippen LogP contribution >= 0.6 is 0 Å². The maximum atomic E-state index is 15.8. The highest BCUT2D eigenvalue weighted by atomic mass is 32.2. The summed E-state index contributed by atoms with van der Waals surface area (Å²) >= 11 is 0. The molecule has 6 heterocycles. The third-order valence-corrected chi connectivity index (χ3v) is 15.9. The Balaban J connectivity index is 0.773. The highest BCUT2D eigenvalue weighted by molar-refractivity contribution is 7.90. The fourth-order valence-electron chi connectivity index (χ4n) is 10.7. The molecule has 18 nitrogen and oxygen atoms in total. The van der Waals surface area contributed by atoms with E-state index in [0.29, 0.717) is 47.8 Å². The molecule has 67 heavy (non-hydrogen) atoms. The lowest BCUT2D eigenvalue weighted by molar-refractivity contribution is -0.120. The van der Waals surface area contributed by atoms with Crippen molar-refractivity contribution in [2.45, 2.75) is 87.5 Å². The lowest BCUT2D eigenvalue weighted by atomic mass is 9.79. The van der Waals surface area contributed by atoms with Crippen LogP contribution in [0.25, 0.3) is 21.8 Å². The first-order chi connectivity index (χ1) is 32.2. The number of carbonyl (C=O) groups excluding carboxylic acids is 2. The molecule has 1 saturated carbocycles. The molecule has 3 amide bonds. The van der Waals surface area contributed by atoms with Crippen LogP contribution in [0, 0.1) is 23.0 Å². The van der Waals surface area contributed by atoms with E-state index in [1.54, 1.807) is 22.4 Å². The Morgan fingerprint density at radius 3 is 2.48 bits per heavy atom. The summed E-state index contributed by atoms with van der Waals surface area (Å²) in [5, 5.41) is 17.6. The van der Waals surface area contributed by atoms with Gasteiger partial charge in [-0.3, -0.25) is 33.8 Å². The molecule has 1 spiro atoms. The second kappa shape index (κ2) is 17.6. The summed E-state index contributed by atoms with van der Waals surface area (Å²) < 4.78 is 82.0. The number of aromatic nitrogens is 4. The lowest BCUT2D eigenvalue weighted by Gasteiger charge is -2.44. The molecule has 5 fully saturated rings. The van der Waals surface area contributed by atoms with Crippen LogP contribution in [0.1, 0.15) is 80.9 Å². The molecule has 21 heteroatoms. The monoisotopic (exact) mass is 940 g/mol. The van der Waals surface area contributed by atoms with E-state index in [1.165, 1.54) is 40.8 Å². The van der Waals surface area contributed by atoms with Crippen molar-refractivity contribution < 1.29 is 41.0 Å². The molecular weight excluding hydrogens is 891 g/mol. The molecule has 0 bridgehead atoms. The first-order valence-electron chi connectivity index (χ1n) is 22.6. The van der Waals surface area contributed by atoms with Crippen LogP contribution in [0.2, 0.25) is 0 Å². The normalized spacial score (nSPS) is 23.8. The van der Waals surface area contributed by atoms with Gasteiger partial charge in [-0.25, -0.2) is 18.6 Å². The second-order valence-electron chi connectivity index (χ2n) is 18.2. The molecule has 1 aliphatic carbocycles. The predicted molar refractivity (Wildman–Crippen MR) is 241 cm³/mol. The van der Waals surface area contributed by atoms with E-state index < -0.39 is 33.4 Å². The second-order valence-corrected chi connectivity index (χ2v) is 19.9. The quantitative estimate of drug-likeness (QED) is 0.176. The third kappa shape index (κ3) is 8.39. The molecule has 4 saturated heterocycles. The van der Waals surface area contributed by atoms with Crippen molar-refractivity contribution in [2.24, 2.45) is 7.05 Å². The summed E-state index contributed by atoms with van der Waals surface area (Å²) in [6, 6.07) is 11.4. The van der Waals surface area contributed by atoms with Gasteiger partial charge in [0.05, 0.1) is 52.8 Å². The Hall–Kier alpha value is -6.05. The number of anilines is 2. The number of hydrogen-bond acceptors (Lipinski definition) is 12. The molecule has 2 aromatic heterocycles. The van der Waals surface area contributed by atoms with Gasteiger partial charge in [0.15, 0.2) is 17.4 Å². The Bertz CT molecular complexity index is 3010. The molecule has 352 valence electrons. The molecule has 3 aromatic carbocycles. The molecule has 10 rings (SSSR count). The number of methoxy groups -OCH3 is 1. The van der Waals surface area contributed by atoms with E-state index in [-0.39, 0.29) is 83.8 Å². The third-order valence-electron chi connectivity index (χ3n) is 14.4. The lowest BCUT2D eigenvalue weighted by Crippen LogP contribution is -2.49. The van der Waals surface area contributed by atoms with Crippen molar-refractivity contribution in [3.63, 3.8) is 0 Å². The Kier molecular flexibility index (Phi) is 11.7. The minimum Gasteiger partial charge on any atom is -0.453 e. The van der Waals surface area contributed by atoms with Gasteiger partial charge in [0, 0.05) is 64.7 Å². The first-order valence-corrected chi connectivity index (χ1v) is 24.0. The number of carbonyl (C=O) groups is 2. The number of piperidine rings is 1. The number of urea groups is 1. The van der Waals surface area contributed by atoms with Gasteiger partial charge in [-0.15, -0.1) is 0 Å². The number of likely N-dealkylation sites (tertiary alicyclic amines) is 1. The van der Waals surface area contributed by atoms with E-state index in [1.807, 2.05) is 12.1 Å². The molecule has 2 N–H and O–H groups in total. The Morgan fingerprint density at radius 2 is 1.75 bits per heavy atom. The molecule has 5 aliphatic rings. The summed E-state index contributed by atoms with van der Waals surface area (Å²) in [6.45, 7) is 2.52. The number of rotatable bonds is 10. The van der Waals surface area contributed by atoms with Gasteiger partial charge >= 0.3 is 16.2 Å². The van der Waals surface area contributed by atoms with Crippen LogP contribution in [-0.2, 0) is 31.5 Å². The van der Waals surface area contributed by atoms with Crippen LogP contribution in [0.3, 0.4) is 0 Å². The SMILES string of the molecule is CO[C@H]1CCN(S(=O)(=O)Nc2ccc(F)c(Oc3ccc4ncn([C@H]5COC6(CCN(C7CCC(c8cc9c(cc8F)c(N8CCC(=O)NC8=O)nn9C)CC7)CC6)C5)c(=O)c4c3)c2C#N)C1. The molecule has 5 aromatic rings. The fourth-order valence-corrected chi connectivity index (χ4v) is 12.0. The van der Waals surface area contributed by atoms with Crippen LogP contribution in [-0.4, -0.2) is 113 Å². The smallest absolute Gasteiger partial charge is 0.329 e. The van der Waals surface area contributed by atoms with Crippen molar-refractivity contribution in [3.8, 4) is 17.6 Å². The highest BCUT2D eigenvalue weighted by Crippen LogP contribution is 2.44. The summed E-state index contributed by atoms with van der Waals surface area (Å²) in [7, 11) is -0.823. The number of nitrogens with zero attached hydrogens (tertiary/aromatic N) is 8. The predicted octanol–water partition coefficient (Wildman–Crippen LogP) is 5.57. The van der Waals surface area contributed by atoms with E-state index in [4.69, 9.17) is 14.2 Å². The first kappa shape index (κ1) is 44.8. The van der Waals surface area contributed by atoms with Crippen LogP contribution in [0.5, 0.6) is 11.5 Å². The number of hydrogen-bond donors (Lipinski definition) is 2. The number of halogens is 2. The zero-order chi connectivity index (χ0) is 46.8. The standard InChI is InChI=1S/C46H50F2N10O8S/c1-54-40-21-32(37(48)20-34(40)43(52-54)57-16-12-41(59)51-45(57)61)27-3-5-28(6-4-27)55-17-13-46(14-18-55)22-29(25-65-46)58-26-50-38-9-7-30(19-33(38)44(58)60)66-42-35(23-49)39(10-8-36(42)47)53-67(62,63)56-15-11-31(24-56)64-2/h7-10,19-21,26-29,31,53H,3-6,11-18,22,24-25H2,1-2H3,(H,51,59,61)/t27?,28?,29-,31+/m1/s1. The summed E-state index contributed by atoms with van der Waals surface area (Å²) in [6.07, 6.45) is 7.63. The Labute approximate surface area is 384 Å². The van der Waals surface area contributed by atoms with Gasteiger partial charge in [0.1, 0.15) is 23.2 Å². The van der Waals surface area contributed by atoms with Crippen LogP contribution < -0.4 is 25.2 Å². The van der Waals surface area contributed by atoms with Gasteiger partial charge in [0.2, 0.25) is 5.91 Å². The van der Waals surface area contributed by atoms with Crippen molar-refractivity contribution >= 4 is 55.5 Å². The molecule has 4 aliphatic heterocycles. The maximum absolute atomic E-state index is 15.8. The summed E-state index contributed by atoms with van der Waals surface area (Å²) in [4.78, 5) is 46.8. The number of nitrogens with one attached hydrogen (secondary N) is 2. The summed E-state index contributed by atoms with van der Waals surface area (Å²) in [5.41, 5.74) is 0.520. The average Bonchev–Trinajstić information content (AvgIpc) is 4.06. The van der Waals surface area contributed by atoms with Crippen molar-refractivity contribution in [1.82, 2.24) is 33.9 Å². The zero-order valence-corrected chi connectivity index (χ0v) is 37.9. The van der Waals surface area contributed by atoms with E-state index in [9.17, 15) is 28.1 Å². The largest absolute Gasteiger partial charge is 0.453 e. The maximum Gasteiger partial charge on any atom is 0.329 e. The molecule has 0 unspecified atom stereocenters. The van der Waals surface area contributed by atoms with Crippen LogP contribution in [0.15, 0.2) is 53.6 Å². The number of benzene rings is 3. The number of amides is 3. The molecule has 0 radical (unpaired) electrons. The van der Waals surface area contributed by atoms with Crippen molar-refractivity contribution in [1.29, 1.82) is 5.26 Å². The van der Waals surface area contributed by atoms with Crippen LogP contribution in [0.4, 0.5) is 25.1 Å². The molecular formula is C46H50F2N10O8S. The van der Waals surface area contributed by atoms with Gasteiger partial charge in [-0.2, -0.15) is 23.1 Å². The topological polar surface area (TPSA) is 206 Å². The molecule has 2 atom stereocenters. The zero-order valence-electron chi connectivity index (χ0n) is 37.0. The minimum atomic E-state index is -4.10. The van der Waals surface area contributed by atoms with E-state index in [2.05, 4.69) is 25.0 Å². The fraction of sp³-hybridized carbons (Fsp3) is 0.478. The Morgan fingerprint density at radius 1 is 0.955 bits per heavy atom. The number of aryl methyl sites for hydroxylation is 1. The average molecular weight is 941 g/mol. The number of imide groups is 1.